The van der Waals surface area contributed by atoms with Gasteiger partial charge in [0.25, 0.3) is 5.91 Å². The van der Waals surface area contributed by atoms with Crippen LogP contribution in [0.25, 0.3) is 0 Å². The van der Waals surface area contributed by atoms with Crippen LogP contribution in [-0.4, -0.2) is 85.6 Å². The Morgan fingerprint density at radius 1 is 1.42 bits per heavy atom. The zero-order valence-electron chi connectivity index (χ0n) is 13.8. The Bertz CT molecular complexity index is 573. The monoisotopic (exact) mass is 374 g/mol. The van der Waals surface area contributed by atoms with Gasteiger partial charge in [-0.05, 0) is 26.9 Å². The second-order valence-electron chi connectivity index (χ2n) is 5.61. The zero-order valence-corrected chi connectivity index (χ0v) is 16.6. The van der Waals surface area contributed by atoms with Crippen molar-refractivity contribution < 1.29 is 61.2 Å². The molecule has 0 aromatic heterocycles. The van der Waals surface area contributed by atoms with Gasteiger partial charge in [-0.3, -0.25) is 9.63 Å². The molecule has 2 atom stereocenters. The molecular formula is C11H19N4NaO7S. The summed E-state index contributed by atoms with van der Waals surface area (Å²) in [5, 5.41) is 0.530. The van der Waals surface area contributed by atoms with Gasteiger partial charge in [0.05, 0.1) is 12.6 Å². The van der Waals surface area contributed by atoms with Gasteiger partial charge < -0.3 is 14.4 Å². The molecule has 2 saturated heterocycles. The van der Waals surface area contributed by atoms with E-state index in [1.807, 2.05) is 19.0 Å². The van der Waals surface area contributed by atoms with E-state index in [4.69, 9.17) is 4.84 Å². The van der Waals surface area contributed by atoms with Crippen molar-refractivity contribution in [3.63, 3.8) is 0 Å². The van der Waals surface area contributed by atoms with Gasteiger partial charge in [-0.1, -0.05) is 0 Å². The molecule has 1 unspecified atom stereocenters. The van der Waals surface area contributed by atoms with E-state index in [1.165, 1.54) is 4.90 Å². The van der Waals surface area contributed by atoms with E-state index in [-0.39, 0.29) is 42.7 Å². The van der Waals surface area contributed by atoms with E-state index in [9.17, 15) is 22.6 Å². The van der Waals surface area contributed by atoms with Crippen LogP contribution in [0.4, 0.5) is 4.79 Å². The normalized spacial score (nSPS) is 23.4. The van der Waals surface area contributed by atoms with E-state index in [1.54, 1.807) is 0 Å². The largest absolute Gasteiger partial charge is 1.00 e. The van der Waals surface area contributed by atoms with Crippen LogP contribution in [0.15, 0.2) is 0 Å². The molecule has 24 heavy (non-hydrogen) atoms. The Morgan fingerprint density at radius 3 is 2.67 bits per heavy atom. The number of nitrogens with zero attached hydrogens (tertiary/aromatic N) is 3. The summed E-state index contributed by atoms with van der Waals surface area (Å²) in [5.41, 5.74) is 2.28. The first-order valence-corrected chi connectivity index (χ1v) is 8.34. The summed E-state index contributed by atoms with van der Waals surface area (Å²) < 4.78 is 36.2. The van der Waals surface area contributed by atoms with Crippen LogP contribution >= 0.6 is 0 Å². The smallest absolute Gasteiger partial charge is 0.724 e. The predicted molar refractivity (Wildman–Crippen MR) is 74.2 cm³/mol. The molecule has 2 aliphatic heterocycles. The molecule has 2 fully saturated rings. The fourth-order valence-corrected chi connectivity index (χ4v) is 2.90. The fourth-order valence-electron chi connectivity index (χ4n) is 2.52. The second-order valence-corrected chi connectivity index (χ2v) is 6.57. The van der Waals surface area contributed by atoms with Crippen molar-refractivity contribution in [3.8, 4) is 0 Å². The third-order valence-corrected chi connectivity index (χ3v) is 3.95. The van der Waals surface area contributed by atoms with Crippen molar-refractivity contribution in [1.82, 2.24) is 20.3 Å². The van der Waals surface area contributed by atoms with Gasteiger partial charge in [-0.15, -0.1) is 0 Å². The van der Waals surface area contributed by atoms with Gasteiger partial charge in [0.1, 0.15) is 6.04 Å². The number of carbonyl (C=O) groups excluding carboxylic acids is 2. The Hall–Kier alpha value is -0.470. The first kappa shape index (κ1) is 21.6. The molecule has 3 amide bonds. The van der Waals surface area contributed by atoms with Crippen LogP contribution in [0.3, 0.4) is 0 Å². The average Bonchev–Trinajstić information content (AvgIpc) is 2.67. The molecule has 2 rings (SSSR count). The van der Waals surface area contributed by atoms with Gasteiger partial charge in [0, 0.05) is 13.1 Å². The summed E-state index contributed by atoms with van der Waals surface area (Å²) in [6.45, 7) is 1.01. The third kappa shape index (κ3) is 5.52. The number of piperidine rings is 1. The minimum absolute atomic E-state index is 0. The van der Waals surface area contributed by atoms with Crippen molar-refractivity contribution in [3.05, 3.63) is 0 Å². The molecule has 0 aromatic carbocycles. The molecule has 132 valence electrons. The van der Waals surface area contributed by atoms with E-state index >= 15 is 0 Å². The number of likely N-dealkylation sites (N-methyl/N-ethyl adjacent to an activating group) is 1. The maximum Gasteiger partial charge on any atom is 1.00 e. The Morgan fingerprint density at radius 2 is 2.08 bits per heavy atom. The Balaban J connectivity index is 0.00000288. The summed E-state index contributed by atoms with van der Waals surface area (Å²) in [6, 6.07) is -2.17. The van der Waals surface area contributed by atoms with Crippen LogP contribution in [-0.2, 0) is 24.3 Å². The van der Waals surface area contributed by atoms with E-state index in [0.717, 1.165) is 0 Å². The number of nitrogens with one attached hydrogen (secondary N) is 1. The zero-order chi connectivity index (χ0) is 17.2. The first-order chi connectivity index (χ1) is 10.7. The number of rotatable bonds is 7. The van der Waals surface area contributed by atoms with Crippen molar-refractivity contribution in [2.45, 2.75) is 24.9 Å². The summed E-state index contributed by atoms with van der Waals surface area (Å²) >= 11 is 0. The Labute approximate surface area is 162 Å². The molecule has 0 aromatic rings. The van der Waals surface area contributed by atoms with Crippen molar-refractivity contribution in [1.29, 1.82) is 0 Å². The number of hydroxylamine groups is 3. The van der Waals surface area contributed by atoms with Gasteiger partial charge in [0.2, 0.25) is 10.4 Å². The van der Waals surface area contributed by atoms with Crippen molar-refractivity contribution in [2.24, 2.45) is 0 Å². The molecule has 2 heterocycles. The number of hydrogen-bond donors (Lipinski definition) is 1. The van der Waals surface area contributed by atoms with Crippen molar-refractivity contribution in [2.75, 3.05) is 33.8 Å². The number of urea groups is 1. The average molecular weight is 374 g/mol. The predicted octanol–water partition coefficient (Wildman–Crippen LogP) is -4.74. The number of carbonyl (C=O) groups is 2. The quantitative estimate of drug-likeness (QED) is 0.155. The van der Waals surface area contributed by atoms with E-state index in [2.05, 4.69) is 9.76 Å². The SMILES string of the molecule is CN(C)CCONC(=O)[C@@H]1CCC2CN1C(=O)N2OS(=O)(=O)[O-].[Na+]. The maximum absolute atomic E-state index is 12.1. The molecule has 13 heteroatoms. The van der Waals surface area contributed by atoms with Crippen LogP contribution in [0.2, 0.25) is 0 Å². The number of hydrogen-bond acceptors (Lipinski definition) is 8. The van der Waals surface area contributed by atoms with Crippen LogP contribution in [0, 0.1) is 0 Å². The summed E-state index contributed by atoms with van der Waals surface area (Å²) in [5.74, 6) is -0.498. The minimum atomic E-state index is -5.04. The Kier molecular flexibility index (Phi) is 7.87. The molecule has 2 bridgehead atoms. The topological polar surface area (TPSA) is 132 Å². The molecule has 0 radical (unpaired) electrons. The summed E-state index contributed by atoms with van der Waals surface area (Å²) in [6.07, 6.45) is 0.658. The molecule has 0 saturated carbocycles. The fraction of sp³-hybridized carbons (Fsp3) is 0.818. The second kappa shape index (κ2) is 8.76. The van der Waals surface area contributed by atoms with Crippen LogP contribution in [0.1, 0.15) is 12.8 Å². The van der Waals surface area contributed by atoms with Gasteiger partial charge in [0.15, 0.2) is 0 Å². The molecule has 2 aliphatic rings. The molecular weight excluding hydrogens is 355 g/mol. The van der Waals surface area contributed by atoms with Gasteiger partial charge >= 0.3 is 35.6 Å². The molecule has 1 N–H and O–H groups in total. The number of amides is 3. The molecule has 11 nitrogen and oxygen atoms in total. The van der Waals surface area contributed by atoms with Gasteiger partial charge in [-0.25, -0.2) is 18.7 Å². The molecule has 0 spiro atoms. The maximum atomic E-state index is 12.1. The first-order valence-electron chi connectivity index (χ1n) is 7.00. The summed E-state index contributed by atoms with van der Waals surface area (Å²) in [7, 11) is -1.33. The standard InChI is InChI=1S/C11H20N4O7S.Na/c1-13(2)5-6-21-12-10(16)9-4-3-8-7-14(9)11(17)15(8)22-23(18,19)20;/h8-9H,3-7H2,1-2H3,(H,12,16)(H,18,19,20);/q;+1/p-1/t8?,9-;/m0./s1. The minimum Gasteiger partial charge on any atom is -0.724 e. The van der Waals surface area contributed by atoms with Crippen LogP contribution < -0.4 is 35.0 Å². The summed E-state index contributed by atoms with van der Waals surface area (Å²) in [4.78, 5) is 32.3. The van der Waals surface area contributed by atoms with Crippen LogP contribution in [0.5, 0.6) is 0 Å². The van der Waals surface area contributed by atoms with Crippen molar-refractivity contribution >= 4 is 22.3 Å². The van der Waals surface area contributed by atoms with Gasteiger partial charge in [-0.2, -0.15) is 9.35 Å². The third-order valence-electron chi connectivity index (χ3n) is 3.61. The van der Waals surface area contributed by atoms with E-state index in [0.29, 0.717) is 24.4 Å². The molecule has 0 aliphatic carbocycles. The van der Waals surface area contributed by atoms with E-state index < -0.39 is 34.4 Å². The number of fused-ring (bicyclic) bond motifs is 2.